The number of nitrogens with zero attached hydrogens (tertiary/aromatic N) is 7. The van der Waals surface area contributed by atoms with E-state index in [2.05, 4.69) is 18.2 Å². The molecule has 0 saturated carbocycles. The predicted octanol–water partition coefficient (Wildman–Crippen LogP) is 8.00. The number of benzene rings is 6. The topological polar surface area (TPSA) is 339 Å². The maximum atomic E-state index is 13.6. The van der Waals surface area contributed by atoms with Crippen LogP contribution in [0, 0.1) is 38.5 Å². The van der Waals surface area contributed by atoms with Crippen LogP contribution >= 0.6 is 0 Å². The number of phenols is 1. The number of sulfonamides is 3. The van der Waals surface area contributed by atoms with Crippen molar-refractivity contribution in [2.24, 2.45) is 48.1 Å². The molecular formula is C71H80N10O13S3. The molecule has 6 aliphatic heterocycles. The molecule has 7 heterocycles. The van der Waals surface area contributed by atoms with Crippen molar-refractivity contribution in [1.29, 1.82) is 0 Å². The van der Waals surface area contributed by atoms with Crippen molar-refractivity contribution in [3.63, 3.8) is 0 Å². The highest BCUT2D eigenvalue weighted by Crippen LogP contribution is 2.34. The summed E-state index contributed by atoms with van der Waals surface area (Å²) in [6, 6.07) is 38.7. The third-order valence-electron chi connectivity index (χ3n) is 17.9. The van der Waals surface area contributed by atoms with E-state index in [0.29, 0.717) is 121 Å². The van der Waals surface area contributed by atoms with Gasteiger partial charge in [0.25, 0.3) is 41.9 Å². The summed E-state index contributed by atoms with van der Waals surface area (Å²) >= 11 is 0. The molecule has 510 valence electrons. The molecule has 13 rings (SSSR count). The second-order valence-electron chi connectivity index (χ2n) is 25.6. The third kappa shape index (κ3) is 17.1. The number of aromatic nitrogens is 1. The zero-order valence-electron chi connectivity index (χ0n) is 54.4. The molecule has 23 nitrogen and oxygen atoms in total. The van der Waals surface area contributed by atoms with Crippen molar-refractivity contribution >= 4 is 76.2 Å². The van der Waals surface area contributed by atoms with Gasteiger partial charge in [0.05, 0.1) is 70.4 Å². The van der Waals surface area contributed by atoms with Crippen molar-refractivity contribution in [3.8, 4) is 23.0 Å². The number of rotatable bonds is 14. The molecule has 7 N–H and O–H groups in total. The number of hydrogen-bond acceptors (Lipinski definition) is 17. The number of carbonyl (C=O) groups excluding carboxylic acids is 3. The summed E-state index contributed by atoms with van der Waals surface area (Å²) in [6.45, 7) is 10.8. The molecule has 1 aromatic heterocycles. The molecule has 3 atom stereocenters. The predicted molar refractivity (Wildman–Crippen MR) is 371 cm³/mol. The Balaban J connectivity index is 0.000000148. The lowest BCUT2D eigenvalue weighted by molar-refractivity contribution is -0.133. The van der Waals surface area contributed by atoms with E-state index in [-0.39, 0.29) is 76.0 Å². The number of amides is 3. The van der Waals surface area contributed by atoms with Gasteiger partial charge in [-0.2, -0.15) is 0 Å². The van der Waals surface area contributed by atoms with E-state index in [9.17, 15) is 44.7 Å². The Morgan fingerprint density at radius 2 is 0.928 bits per heavy atom. The van der Waals surface area contributed by atoms with Crippen LogP contribution in [0.2, 0.25) is 0 Å². The van der Waals surface area contributed by atoms with Crippen molar-refractivity contribution in [2.45, 2.75) is 89.4 Å². The number of aryl methyl sites for hydroxylation is 4. The van der Waals surface area contributed by atoms with Gasteiger partial charge in [-0.25, -0.2) is 25.3 Å². The van der Waals surface area contributed by atoms with Gasteiger partial charge in [0.2, 0.25) is 5.91 Å². The van der Waals surface area contributed by atoms with E-state index in [1.807, 2.05) is 91.2 Å². The molecule has 3 saturated heterocycles. The minimum Gasteiger partial charge on any atom is -0.507 e. The number of hydrogen-bond donors (Lipinski definition) is 4. The second-order valence-corrected chi connectivity index (χ2v) is 30.5. The van der Waals surface area contributed by atoms with Crippen molar-refractivity contribution in [1.82, 2.24) is 19.7 Å². The van der Waals surface area contributed by atoms with Gasteiger partial charge in [-0.3, -0.25) is 19.4 Å². The Kier molecular flexibility index (Phi) is 21.0. The van der Waals surface area contributed by atoms with Gasteiger partial charge in [-0.1, -0.05) is 84.4 Å². The minimum absolute atomic E-state index is 0.00877. The number of amidine groups is 3. The number of piperidine rings is 3. The maximum absolute atomic E-state index is 13.6. The van der Waals surface area contributed by atoms with Crippen LogP contribution in [0.25, 0.3) is 10.9 Å². The number of nitrogens with two attached hydrogens (primary N) is 3. The van der Waals surface area contributed by atoms with Crippen molar-refractivity contribution in [3.05, 3.63) is 194 Å². The largest absolute Gasteiger partial charge is 0.507 e. The van der Waals surface area contributed by atoms with E-state index in [1.165, 1.54) is 5.56 Å². The number of ether oxygens (including phenoxy) is 3. The van der Waals surface area contributed by atoms with Crippen molar-refractivity contribution in [2.75, 3.05) is 59.1 Å². The molecule has 0 unspecified atom stereocenters. The van der Waals surface area contributed by atoms with Crippen LogP contribution in [0.4, 0.5) is 0 Å². The molecule has 6 aliphatic rings. The number of aromatic hydroxyl groups is 1. The van der Waals surface area contributed by atoms with Gasteiger partial charge in [0.1, 0.15) is 40.5 Å². The lowest BCUT2D eigenvalue weighted by Crippen LogP contribution is -2.41. The molecule has 0 radical (unpaired) electrons. The van der Waals surface area contributed by atoms with Crippen LogP contribution < -0.4 is 31.4 Å². The van der Waals surface area contributed by atoms with Gasteiger partial charge in [0, 0.05) is 74.5 Å². The van der Waals surface area contributed by atoms with Crippen molar-refractivity contribution < 1.29 is 59.0 Å². The van der Waals surface area contributed by atoms with Crippen LogP contribution in [0.3, 0.4) is 0 Å². The van der Waals surface area contributed by atoms with Crippen LogP contribution in [-0.2, 0) is 58.5 Å². The van der Waals surface area contributed by atoms with Gasteiger partial charge < -0.3 is 51.2 Å². The molecule has 97 heavy (non-hydrogen) atoms. The Labute approximate surface area is 565 Å². The monoisotopic (exact) mass is 1380 g/mol. The fourth-order valence-electron chi connectivity index (χ4n) is 13.3. The van der Waals surface area contributed by atoms with Crippen LogP contribution in [0.5, 0.6) is 23.0 Å². The molecule has 0 bridgehead atoms. The number of likely N-dealkylation sites (tertiary alicyclic amines) is 3. The Bertz CT molecular complexity index is 4620. The average Bonchev–Trinajstić information content (AvgIpc) is 0.863. The highest BCUT2D eigenvalue weighted by molar-refractivity contribution is 7.90. The molecular weight excluding hydrogens is 1300 g/mol. The Hall–Kier alpha value is -9.40. The molecule has 0 spiro atoms. The van der Waals surface area contributed by atoms with E-state index < -0.39 is 30.1 Å². The van der Waals surface area contributed by atoms with Gasteiger partial charge >= 0.3 is 0 Å². The summed E-state index contributed by atoms with van der Waals surface area (Å²) in [4.78, 5) is 49.3. The molecule has 3 fully saturated rings. The first-order valence-corrected chi connectivity index (χ1v) is 37.2. The first kappa shape index (κ1) is 69.0. The lowest BCUT2D eigenvalue weighted by atomic mass is 9.97. The molecule has 6 aromatic carbocycles. The average molecular weight is 1380 g/mol. The molecule has 7 aromatic rings. The normalized spacial score (nSPS) is 19.7. The van der Waals surface area contributed by atoms with E-state index in [0.717, 1.165) is 79.2 Å². The number of phenolic OH excluding ortho intramolecular Hbond substituents is 1. The van der Waals surface area contributed by atoms with Crippen LogP contribution in [0.1, 0.15) is 121 Å². The third-order valence-corrected chi connectivity index (χ3v) is 21.4. The quantitative estimate of drug-likeness (QED) is 0.0801. The fourth-order valence-corrected chi connectivity index (χ4v) is 16.6. The maximum Gasteiger partial charge on any atom is 0.259 e. The SMILES string of the molecule is Cc1ccc(C(=O)N2CCC[C@H](COc3cccc4c3C(N)=NS(=O)(=O)C4)C2)c(O)c1.Cc1ccc2nc(C)cc(C(=O)N3CCC[C@H](COc4cccc5c4C(N)=NS(=O)(=O)C5)C3)c2c1.NC1=NS(=O)(=O)Cc2cccc(OC[C@H]3CCCN(C(=O)CCc4ccccc4)C3)c21. The standard InChI is InChI=1S/C26H28N4O4S.C23H27N3O4S.C22H25N3O5S/c1-16-8-9-22-20(11-16)21(12-17(2)28-22)26(31)30-10-4-5-18(13-30)14-34-23-7-3-6-19-15-35(32,33)29-25(27)24(19)23;24-23-22-19(16-31(28,29)25-23)9-4-10-20(22)30-15-18-8-5-13-26(14-18)21(27)12-11-17-6-2-1-3-7-17;1-14-7-8-17(18(26)10-14)22(27)25-9-3-4-15(11-25)12-30-19-6-2-5-16-13-31(28,29)24-21(23)20(16)19/h3,6-9,11-12,18H,4-5,10,13-15H2,1-2H3,(H2,27,29);1-4,6-7,9-10,18H,5,8,11-16H2,(H2,24,25);2,5-8,10,15,26H,3-4,9,11-13H2,1H3,(H2,23,24)/t2*18-;15-/m000/s1. The Morgan fingerprint density at radius 3 is 1.39 bits per heavy atom. The summed E-state index contributed by atoms with van der Waals surface area (Å²) in [5, 5.41) is 11.0. The summed E-state index contributed by atoms with van der Waals surface area (Å²) < 4.78 is 100. The van der Waals surface area contributed by atoms with Gasteiger partial charge in [-0.15, -0.1) is 13.2 Å². The van der Waals surface area contributed by atoms with Gasteiger partial charge in [-0.05, 0) is 142 Å². The van der Waals surface area contributed by atoms with Gasteiger partial charge in [0.15, 0.2) is 0 Å². The number of fused-ring (bicyclic) bond motifs is 4. The van der Waals surface area contributed by atoms with Crippen LogP contribution in [-0.4, -0.2) is 144 Å². The lowest BCUT2D eigenvalue weighted by Gasteiger charge is -2.33. The number of pyridine rings is 1. The summed E-state index contributed by atoms with van der Waals surface area (Å²) in [7, 11) is -10.8. The Morgan fingerprint density at radius 1 is 0.505 bits per heavy atom. The van der Waals surface area contributed by atoms with E-state index in [1.54, 1.807) is 71.6 Å². The van der Waals surface area contributed by atoms with Crippen LogP contribution in [0.15, 0.2) is 141 Å². The highest BCUT2D eigenvalue weighted by atomic mass is 32.2. The zero-order chi connectivity index (χ0) is 68.8. The first-order valence-electron chi connectivity index (χ1n) is 32.4. The summed E-state index contributed by atoms with van der Waals surface area (Å²) in [5.74, 6) is 1.30. The highest BCUT2D eigenvalue weighted by Gasteiger charge is 2.33. The van der Waals surface area contributed by atoms with E-state index in [4.69, 9.17) is 31.4 Å². The second kappa shape index (κ2) is 29.5. The zero-order valence-corrected chi connectivity index (χ0v) is 56.9. The summed E-state index contributed by atoms with van der Waals surface area (Å²) in [6.07, 6.45) is 6.73. The minimum atomic E-state index is -3.60. The smallest absolute Gasteiger partial charge is 0.259 e. The first-order chi connectivity index (χ1) is 46.3. The molecule has 0 aliphatic carbocycles. The molecule has 26 heteroatoms. The summed E-state index contributed by atoms with van der Waals surface area (Å²) in [5.41, 5.74) is 26.9. The number of carbonyl (C=O) groups is 3. The van der Waals surface area contributed by atoms with E-state index >= 15 is 0 Å². The molecule has 3 amide bonds. The fraction of sp³-hybridized carbons (Fsp3) is 0.366.